The first kappa shape index (κ1) is 20.8. The molecule has 148 valence electrons. The minimum absolute atomic E-state index is 0.0385. The first-order chi connectivity index (χ1) is 12.7. The summed E-state index contributed by atoms with van der Waals surface area (Å²) in [7, 11) is 0. The average molecular weight is 393 g/mol. The number of carbonyl (C=O) groups is 1. The van der Waals surface area contributed by atoms with Crippen LogP contribution in [-0.2, 0) is 9.53 Å². The lowest BCUT2D eigenvalue weighted by Crippen LogP contribution is -2.15. The number of hydrogen-bond acceptors (Lipinski definition) is 5. The third-order valence-corrected chi connectivity index (χ3v) is 4.14. The van der Waals surface area contributed by atoms with Gasteiger partial charge in [-0.25, -0.2) is 26.7 Å². The highest BCUT2D eigenvalue weighted by Crippen LogP contribution is 2.45. The molecule has 0 atom stereocenters. The van der Waals surface area contributed by atoms with Gasteiger partial charge in [-0.15, -0.1) is 0 Å². The molecule has 2 rings (SSSR count). The summed E-state index contributed by atoms with van der Waals surface area (Å²) in [5, 5.41) is 19.3. The Morgan fingerprint density at radius 1 is 1.11 bits per heavy atom. The fourth-order valence-corrected chi connectivity index (χ4v) is 2.24. The van der Waals surface area contributed by atoms with Crippen molar-refractivity contribution in [2.24, 2.45) is 10.4 Å². The Balaban J connectivity index is 2.54. The number of halogens is 5. The van der Waals surface area contributed by atoms with Gasteiger partial charge in [0.25, 0.3) is 0 Å². The highest BCUT2D eigenvalue weighted by molar-refractivity contribution is 6.15. The van der Waals surface area contributed by atoms with Crippen molar-refractivity contribution in [2.75, 3.05) is 19.8 Å². The summed E-state index contributed by atoms with van der Waals surface area (Å²) in [6.45, 7) is 1.09. The van der Waals surface area contributed by atoms with Crippen molar-refractivity contribution in [3.63, 3.8) is 0 Å². The summed E-state index contributed by atoms with van der Waals surface area (Å²) < 4.78 is 72.3. The van der Waals surface area contributed by atoms with Gasteiger partial charge in [0.1, 0.15) is 11.3 Å². The molecule has 1 aliphatic rings. The van der Waals surface area contributed by atoms with Crippen molar-refractivity contribution in [1.82, 2.24) is 0 Å². The SMILES string of the molecule is CCOC(=O)C(C=NCC1(CO)CC1)=C(O)c1c(F)c(F)c(F)c(F)c1F. The summed E-state index contributed by atoms with van der Waals surface area (Å²) in [6.07, 6.45) is 2.06. The summed E-state index contributed by atoms with van der Waals surface area (Å²) in [5.41, 5.74) is -3.02. The van der Waals surface area contributed by atoms with Gasteiger partial charge in [0.05, 0.1) is 18.8 Å². The molecule has 0 amide bonds. The highest BCUT2D eigenvalue weighted by Gasteiger charge is 2.41. The number of rotatable bonds is 7. The summed E-state index contributed by atoms with van der Waals surface area (Å²) in [4.78, 5) is 15.8. The van der Waals surface area contributed by atoms with Crippen molar-refractivity contribution in [1.29, 1.82) is 0 Å². The van der Waals surface area contributed by atoms with Crippen molar-refractivity contribution in [3.05, 3.63) is 40.2 Å². The molecule has 1 aromatic rings. The Kier molecular flexibility index (Phi) is 6.19. The quantitative estimate of drug-likeness (QED) is 0.142. The standard InChI is InChI=1S/C17H16F5NO4/c1-2-27-16(26)8(5-23-6-17(7-24)3-4-17)15(25)9-10(18)12(20)14(22)13(21)11(9)19/h5,24-25H,2-4,6-7H2,1H3. The van der Waals surface area contributed by atoms with E-state index in [1.54, 1.807) is 0 Å². The van der Waals surface area contributed by atoms with E-state index in [1.807, 2.05) is 0 Å². The first-order valence-corrected chi connectivity index (χ1v) is 7.92. The van der Waals surface area contributed by atoms with Gasteiger partial charge in [-0.2, -0.15) is 0 Å². The maximum atomic E-state index is 13.9. The highest BCUT2D eigenvalue weighted by atomic mass is 19.2. The molecular formula is C17H16F5NO4. The number of esters is 1. The van der Waals surface area contributed by atoms with Crippen molar-refractivity contribution < 1.29 is 41.7 Å². The van der Waals surface area contributed by atoms with Crippen LogP contribution < -0.4 is 0 Å². The fourth-order valence-electron chi connectivity index (χ4n) is 2.24. The largest absolute Gasteiger partial charge is 0.506 e. The minimum Gasteiger partial charge on any atom is -0.506 e. The van der Waals surface area contributed by atoms with Crippen LogP contribution in [0.1, 0.15) is 25.3 Å². The molecule has 5 nitrogen and oxygen atoms in total. The third kappa shape index (κ3) is 4.10. The van der Waals surface area contributed by atoms with Gasteiger partial charge in [-0.05, 0) is 19.8 Å². The second-order valence-corrected chi connectivity index (χ2v) is 6.06. The zero-order valence-corrected chi connectivity index (χ0v) is 14.2. The maximum Gasteiger partial charge on any atom is 0.343 e. The molecule has 1 aromatic carbocycles. The first-order valence-electron chi connectivity index (χ1n) is 7.92. The number of ether oxygens (including phenoxy) is 1. The van der Waals surface area contributed by atoms with Crippen molar-refractivity contribution in [2.45, 2.75) is 19.8 Å². The molecule has 0 bridgehead atoms. The van der Waals surface area contributed by atoms with E-state index in [9.17, 15) is 37.0 Å². The number of nitrogens with zero attached hydrogens (tertiary/aromatic N) is 1. The Labute approximate surface area is 150 Å². The molecule has 0 heterocycles. The molecule has 0 aromatic heterocycles. The van der Waals surface area contributed by atoms with Gasteiger partial charge < -0.3 is 14.9 Å². The van der Waals surface area contributed by atoms with Gasteiger partial charge in [-0.3, -0.25) is 4.99 Å². The number of carbonyl (C=O) groups excluding carboxylic acids is 1. The Morgan fingerprint density at radius 2 is 1.63 bits per heavy atom. The monoisotopic (exact) mass is 393 g/mol. The number of aliphatic hydroxyl groups excluding tert-OH is 2. The molecule has 0 spiro atoms. The van der Waals surface area contributed by atoms with E-state index < -0.39 is 57.4 Å². The molecule has 27 heavy (non-hydrogen) atoms. The second kappa shape index (κ2) is 8.03. The molecule has 1 aliphatic carbocycles. The zero-order valence-electron chi connectivity index (χ0n) is 14.2. The minimum atomic E-state index is -2.40. The van der Waals surface area contributed by atoms with E-state index in [1.165, 1.54) is 6.92 Å². The predicted molar refractivity (Wildman–Crippen MR) is 84.5 cm³/mol. The lowest BCUT2D eigenvalue weighted by atomic mass is 10.1. The molecular weight excluding hydrogens is 377 g/mol. The van der Waals surface area contributed by atoms with Crippen LogP contribution in [0.3, 0.4) is 0 Å². The average Bonchev–Trinajstić information content (AvgIpc) is 3.42. The molecule has 1 saturated carbocycles. The van der Waals surface area contributed by atoms with E-state index in [2.05, 4.69) is 9.73 Å². The van der Waals surface area contributed by atoms with E-state index in [0.29, 0.717) is 12.8 Å². The van der Waals surface area contributed by atoms with Gasteiger partial charge in [0.2, 0.25) is 5.82 Å². The smallest absolute Gasteiger partial charge is 0.343 e. The van der Waals surface area contributed by atoms with Crippen LogP contribution in [0.5, 0.6) is 0 Å². The summed E-state index contributed by atoms with van der Waals surface area (Å²) in [6, 6.07) is 0. The summed E-state index contributed by atoms with van der Waals surface area (Å²) in [5.74, 6) is -14.3. The maximum absolute atomic E-state index is 13.9. The second-order valence-electron chi connectivity index (χ2n) is 6.06. The van der Waals surface area contributed by atoms with Gasteiger partial charge >= 0.3 is 5.97 Å². The molecule has 2 N–H and O–H groups in total. The molecule has 10 heteroatoms. The molecule has 0 saturated heterocycles. The number of aliphatic hydroxyl groups is 2. The Hall–Kier alpha value is -2.49. The van der Waals surface area contributed by atoms with Crippen LogP contribution in [0.25, 0.3) is 5.76 Å². The van der Waals surface area contributed by atoms with E-state index in [0.717, 1.165) is 6.21 Å². The molecule has 0 radical (unpaired) electrons. The number of aliphatic imine (C=N–C) groups is 1. The fraction of sp³-hybridized carbons (Fsp3) is 0.412. The molecule has 0 aliphatic heterocycles. The van der Waals surface area contributed by atoms with Crippen LogP contribution >= 0.6 is 0 Å². The Bertz CT molecular complexity index is 789. The van der Waals surface area contributed by atoms with Crippen LogP contribution in [0.15, 0.2) is 10.6 Å². The zero-order chi connectivity index (χ0) is 20.4. The topological polar surface area (TPSA) is 79.1 Å². The normalized spacial score (nSPS) is 16.4. The van der Waals surface area contributed by atoms with E-state index >= 15 is 0 Å². The van der Waals surface area contributed by atoms with Crippen LogP contribution in [0.2, 0.25) is 0 Å². The van der Waals surface area contributed by atoms with Crippen LogP contribution in [0, 0.1) is 34.5 Å². The lowest BCUT2D eigenvalue weighted by Gasteiger charge is -2.11. The Morgan fingerprint density at radius 3 is 2.07 bits per heavy atom. The van der Waals surface area contributed by atoms with Crippen LogP contribution in [0.4, 0.5) is 22.0 Å². The molecule has 0 unspecified atom stereocenters. The third-order valence-electron chi connectivity index (χ3n) is 4.14. The van der Waals surface area contributed by atoms with Gasteiger partial charge in [0.15, 0.2) is 23.3 Å². The molecule has 1 fully saturated rings. The number of hydrogen-bond donors (Lipinski definition) is 2. The van der Waals surface area contributed by atoms with Gasteiger partial charge in [0, 0.05) is 18.2 Å². The summed E-state index contributed by atoms with van der Waals surface area (Å²) >= 11 is 0. The van der Waals surface area contributed by atoms with E-state index in [-0.39, 0.29) is 19.8 Å². The predicted octanol–water partition coefficient (Wildman–Crippen LogP) is 3.06. The van der Waals surface area contributed by atoms with Gasteiger partial charge in [-0.1, -0.05) is 0 Å². The lowest BCUT2D eigenvalue weighted by molar-refractivity contribution is -0.137. The van der Waals surface area contributed by atoms with Crippen molar-refractivity contribution in [3.8, 4) is 0 Å². The van der Waals surface area contributed by atoms with Crippen molar-refractivity contribution >= 4 is 17.9 Å². The number of benzene rings is 1. The van der Waals surface area contributed by atoms with Crippen LogP contribution in [-0.4, -0.2) is 42.2 Å². The van der Waals surface area contributed by atoms with E-state index in [4.69, 9.17) is 0 Å².